The van der Waals surface area contributed by atoms with Crippen LogP contribution in [0.1, 0.15) is 115 Å². The van der Waals surface area contributed by atoms with E-state index in [0.29, 0.717) is 0 Å². The molecule has 2 heteroatoms. The second-order valence-corrected chi connectivity index (χ2v) is 13.8. The van der Waals surface area contributed by atoms with E-state index in [-0.39, 0.29) is 21.7 Å². The smallest absolute Gasteiger partial charge is 0.0827 e. The van der Waals surface area contributed by atoms with Crippen LogP contribution in [0, 0.1) is 32.5 Å². The molecule has 200 valence electrons. The van der Waals surface area contributed by atoms with Gasteiger partial charge in [0.15, 0.2) is 0 Å². The minimum atomic E-state index is -0.551. The maximum atomic E-state index is 11.8. The van der Waals surface area contributed by atoms with Gasteiger partial charge in [0, 0.05) is 10.8 Å². The highest BCUT2D eigenvalue weighted by Gasteiger charge is 2.63. The maximum absolute atomic E-state index is 11.8. The molecule has 2 nitrogen and oxygen atoms in total. The quantitative estimate of drug-likeness (QED) is 0.325. The molecule has 0 aromatic heterocycles. The highest BCUT2D eigenvalue weighted by atomic mass is 16.3. The third-order valence-corrected chi connectivity index (χ3v) is 11.3. The number of hydrogen-bond donors (Lipinski definition) is 2. The Bertz CT molecular complexity index is 771. The fourth-order valence-corrected chi connectivity index (χ4v) is 8.37. The van der Waals surface area contributed by atoms with Gasteiger partial charge in [-0.05, 0) is 28.1 Å². The lowest BCUT2D eigenvalue weighted by atomic mass is 9.42. The van der Waals surface area contributed by atoms with Crippen molar-refractivity contribution in [2.24, 2.45) is 32.5 Å². The molecular weight excluding hydrogens is 428 g/mol. The average molecular weight is 485 g/mol. The first-order chi connectivity index (χ1) is 16.0. The Balaban J connectivity index is 2.89. The first kappa shape index (κ1) is 30.1. The van der Waals surface area contributed by atoms with Crippen LogP contribution in [0.2, 0.25) is 0 Å². The summed E-state index contributed by atoms with van der Waals surface area (Å²) in [5.41, 5.74) is 1.33. The summed E-state index contributed by atoms with van der Waals surface area (Å²) >= 11 is 0. The molecule has 0 spiro atoms. The van der Waals surface area contributed by atoms with Crippen molar-refractivity contribution >= 4 is 0 Å². The number of aliphatic hydroxyl groups is 2. The largest absolute Gasteiger partial charge is 0.388 e. The van der Waals surface area contributed by atoms with E-state index in [1.807, 2.05) is 12.2 Å². The molecule has 0 heterocycles. The lowest BCUT2D eigenvalue weighted by Gasteiger charge is -2.63. The van der Waals surface area contributed by atoms with Crippen LogP contribution >= 0.6 is 0 Å². The van der Waals surface area contributed by atoms with E-state index >= 15 is 0 Å². The van der Waals surface area contributed by atoms with Crippen molar-refractivity contribution in [1.29, 1.82) is 0 Å². The van der Waals surface area contributed by atoms with Gasteiger partial charge in [0.25, 0.3) is 0 Å². The third kappa shape index (κ3) is 4.15. The van der Waals surface area contributed by atoms with E-state index in [2.05, 4.69) is 107 Å². The zero-order chi connectivity index (χ0) is 27.1. The lowest BCUT2D eigenvalue weighted by Crippen LogP contribution is -2.59. The number of hydrogen-bond acceptors (Lipinski definition) is 2. The topological polar surface area (TPSA) is 40.5 Å². The average Bonchev–Trinajstić information content (AvgIpc) is 2.78. The van der Waals surface area contributed by atoms with E-state index < -0.39 is 23.0 Å². The summed E-state index contributed by atoms with van der Waals surface area (Å²) in [6, 6.07) is 0. The standard InChI is InChI=1S/C33H56O2/c1-13-28(5,6)32(29(7,8)14-2)24(19-17-21-26(32)34)23-25-20-18-22-27(35)33(25,30(9,10)15-3)31(11,12)16-4/h17-22,26-27,34-35H,13-16,23H2,1-12H3. The molecule has 0 aliphatic heterocycles. The van der Waals surface area contributed by atoms with Crippen molar-refractivity contribution in [3.05, 3.63) is 47.6 Å². The Morgan fingerprint density at radius 1 is 0.571 bits per heavy atom. The molecule has 0 radical (unpaired) electrons. The molecule has 2 aliphatic rings. The summed E-state index contributed by atoms with van der Waals surface area (Å²) in [5.74, 6) is 0. The minimum absolute atomic E-state index is 0.116. The number of aliphatic hydroxyl groups excluding tert-OH is 2. The third-order valence-electron chi connectivity index (χ3n) is 11.3. The van der Waals surface area contributed by atoms with Crippen LogP contribution in [0.15, 0.2) is 47.6 Å². The zero-order valence-corrected chi connectivity index (χ0v) is 25.0. The fourth-order valence-electron chi connectivity index (χ4n) is 8.37. The summed E-state index contributed by atoms with van der Waals surface area (Å²) in [7, 11) is 0. The molecule has 35 heavy (non-hydrogen) atoms. The molecule has 0 saturated heterocycles. The summed E-state index contributed by atoms with van der Waals surface area (Å²) < 4.78 is 0. The van der Waals surface area contributed by atoms with E-state index in [1.54, 1.807) is 0 Å². The summed E-state index contributed by atoms with van der Waals surface area (Å²) in [4.78, 5) is 0. The van der Waals surface area contributed by atoms with E-state index in [1.165, 1.54) is 11.1 Å². The van der Waals surface area contributed by atoms with Gasteiger partial charge in [0.2, 0.25) is 0 Å². The first-order valence-electron chi connectivity index (χ1n) is 14.1. The second-order valence-electron chi connectivity index (χ2n) is 13.8. The van der Waals surface area contributed by atoms with Gasteiger partial charge < -0.3 is 10.2 Å². The molecule has 2 atom stereocenters. The molecule has 0 aromatic rings. The first-order valence-corrected chi connectivity index (χ1v) is 14.1. The summed E-state index contributed by atoms with van der Waals surface area (Å²) in [6.45, 7) is 27.7. The van der Waals surface area contributed by atoms with Gasteiger partial charge in [-0.1, -0.05) is 156 Å². The van der Waals surface area contributed by atoms with E-state index in [0.717, 1.165) is 32.1 Å². The normalized spacial score (nSPS) is 24.9. The van der Waals surface area contributed by atoms with Gasteiger partial charge >= 0.3 is 0 Å². The highest BCUT2D eigenvalue weighted by molar-refractivity contribution is 5.44. The molecule has 0 saturated carbocycles. The molecule has 2 rings (SSSR count). The van der Waals surface area contributed by atoms with Crippen molar-refractivity contribution in [3.63, 3.8) is 0 Å². The van der Waals surface area contributed by atoms with Gasteiger partial charge in [-0.3, -0.25) is 0 Å². The Labute approximate surface area is 217 Å². The molecule has 0 bridgehead atoms. The van der Waals surface area contributed by atoms with E-state index in [4.69, 9.17) is 0 Å². The zero-order valence-electron chi connectivity index (χ0n) is 25.0. The number of rotatable bonds is 10. The van der Waals surface area contributed by atoms with Crippen LogP contribution in [-0.4, -0.2) is 22.4 Å². The molecule has 0 amide bonds. The van der Waals surface area contributed by atoms with Crippen LogP contribution < -0.4 is 0 Å². The van der Waals surface area contributed by atoms with Gasteiger partial charge in [-0.2, -0.15) is 0 Å². The maximum Gasteiger partial charge on any atom is 0.0827 e. The Kier molecular flexibility index (Phi) is 8.58. The van der Waals surface area contributed by atoms with Gasteiger partial charge in [-0.15, -0.1) is 0 Å². The predicted octanol–water partition coefficient (Wildman–Crippen LogP) is 8.81. The minimum Gasteiger partial charge on any atom is -0.388 e. The summed E-state index contributed by atoms with van der Waals surface area (Å²) in [6.07, 6.45) is 16.3. The molecule has 2 aliphatic carbocycles. The van der Waals surface area contributed by atoms with Crippen LogP contribution in [0.25, 0.3) is 0 Å². The molecule has 2 unspecified atom stereocenters. The van der Waals surface area contributed by atoms with Crippen molar-refractivity contribution in [2.75, 3.05) is 0 Å². The van der Waals surface area contributed by atoms with Gasteiger partial charge in [0.1, 0.15) is 0 Å². The predicted molar refractivity (Wildman–Crippen MR) is 152 cm³/mol. The van der Waals surface area contributed by atoms with Crippen LogP contribution in [0.3, 0.4) is 0 Å². The Morgan fingerprint density at radius 2 is 0.829 bits per heavy atom. The SMILES string of the molecule is CCC(C)(C)C1(C(C)(C)CC)C(CC2=CC=CC(O)C2(C(C)(C)CC)C(C)(C)CC)=CC=CC1O. The Morgan fingerprint density at radius 3 is 1.06 bits per heavy atom. The molecular formula is C33H56O2. The van der Waals surface area contributed by atoms with Crippen LogP contribution in [-0.2, 0) is 0 Å². The monoisotopic (exact) mass is 484 g/mol. The van der Waals surface area contributed by atoms with Gasteiger partial charge in [-0.25, -0.2) is 0 Å². The molecule has 0 aromatic carbocycles. The highest BCUT2D eigenvalue weighted by Crippen LogP contribution is 2.67. The van der Waals surface area contributed by atoms with Crippen molar-refractivity contribution < 1.29 is 10.2 Å². The molecule has 2 N–H and O–H groups in total. The fraction of sp³-hybridized carbons (Fsp3) is 0.758. The van der Waals surface area contributed by atoms with Gasteiger partial charge in [0.05, 0.1) is 12.2 Å². The lowest BCUT2D eigenvalue weighted by molar-refractivity contribution is -0.111. The number of allylic oxidation sites excluding steroid dienone is 4. The summed E-state index contributed by atoms with van der Waals surface area (Å²) in [5, 5.41) is 23.7. The van der Waals surface area contributed by atoms with Crippen LogP contribution in [0.5, 0.6) is 0 Å². The second kappa shape index (κ2) is 9.97. The van der Waals surface area contributed by atoms with Crippen molar-refractivity contribution in [2.45, 2.75) is 127 Å². The van der Waals surface area contributed by atoms with Crippen molar-refractivity contribution in [1.82, 2.24) is 0 Å². The Hall–Kier alpha value is -1.12. The van der Waals surface area contributed by atoms with Crippen molar-refractivity contribution in [3.8, 4) is 0 Å². The van der Waals surface area contributed by atoms with E-state index in [9.17, 15) is 10.2 Å². The molecule has 0 fully saturated rings. The van der Waals surface area contributed by atoms with Crippen LogP contribution in [0.4, 0.5) is 0 Å².